The molecule has 0 N–H and O–H groups in total. The molecule has 2 aromatic rings. The third-order valence-corrected chi connectivity index (χ3v) is 3.98. The van der Waals surface area contributed by atoms with Crippen LogP contribution in [-0.4, -0.2) is 36.1 Å². The molecule has 3 rings (SSSR count). The Hall–Kier alpha value is -1.97. The second-order valence-electron chi connectivity index (χ2n) is 5.10. The van der Waals surface area contributed by atoms with Gasteiger partial charge in [-0.25, -0.2) is 0 Å². The minimum absolute atomic E-state index is 0.116. The van der Waals surface area contributed by atoms with Gasteiger partial charge in [0.25, 0.3) is 5.91 Å². The molecule has 1 aliphatic rings. The molecule has 0 unspecified atom stereocenters. The van der Waals surface area contributed by atoms with E-state index in [9.17, 15) is 4.79 Å². The van der Waals surface area contributed by atoms with Crippen molar-refractivity contribution in [1.82, 2.24) is 9.47 Å². The molecule has 0 fully saturated rings. The number of aromatic nitrogens is 1. The summed E-state index contributed by atoms with van der Waals surface area (Å²) in [5, 5.41) is 1.14. The van der Waals surface area contributed by atoms with Gasteiger partial charge in [-0.15, -0.1) is 0 Å². The first-order valence-corrected chi connectivity index (χ1v) is 6.54. The van der Waals surface area contributed by atoms with Crippen molar-refractivity contribution < 1.29 is 9.53 Å². The smallest absolute Gasteiger partial charge is 0.270 e. The van der Waals surface area contributed by atoms with Gasteiger partial charge < -0.3 is 14.2 Å². The van der Waals surface area contributed by atoms with Gasteiger partial charge in [-0.3, -0.25) is 4.79 Å². The first-order valence-electron chi connectivity index (χ1n) is 6.54. The van der Waals surface area contributed by atoms with E-state index in [1.807, 2.05) is 41.8 Å². The van der Waals surface area contributed by atoms with Gasteiger partial charge in [0.15, 0.2) is 0 Å². The Bertz CT molecular complexity index is 658. The number of methoxy groups -OCH3 is 1. The highest BCUT2D eigenvalue weighted by Crippen LogP contribution is 2.31. The van der Waals surface area contributed by atoms with E-state index in [1.54, 1.807) is 7.11 Å². The molecule has 0 atom stereocenters. The molecule has 0 radical (unpaired) electrons. The van der Waals surface area contributed by atoms with Crippen LogP contribution in [0.5, 0.6) is 5.75 Å². The van der Waals surface area contributed by atoms with Crippen LogP contribution < -0.4 is 4.74 Å². The topological polar surface area (TPSA) is 34.5 Å². The predicted molar refractivity (Wildman–Crippen MR) is 74.8 cm³/mol. The fourth-order valence-corrected chi connectivity index (χ4v) is 2.93. The highest BCUT2D eigenvalue weighted by Gasteiger charge is 2.26. The van der Waals surface area contributed by atoms with Gasteiger partial charge in [-0.1, -0.05) is 0 Å². The molecule has 0 saturated heterocycles. The van der Waals surface area contributed by atoms with Crippen LogP contribution in [0.25, 0.3) is 10.9 Å². The SMILES string of the molecule is COc1ccc2c(c1)c1c(n2C)C(=O)N(C)CCC1. The van der Waals surface area contributed by atoms with Crippen molar-refractivity contribution in [2.45, 2.75) is 12.8 Å². The Morgan fingerprint density at radius 1 is 1.26 bits per heavy atom. The lowest BCUT2D eigenvalue weighted by Crippen LogP contribution is -2.27. The lowest BCUT2D eigenvalue weighted by atomic mass is 10.1. The highest BCUT2D eigenvalue weighted by atomic mass is 16.5. The second-order valence-corrected chi connectivity index (χ2v) is 5.10. The fourth-order valence-electron chi connectivity index (χ4n) is 2.93. The monoisotopic (exact) mass is 258 g/mol. The molecule has 0 spiro atoms. The molecular formula is C15H18N2O2. The van der Waals surface area contributed by atoms with Crippen molar-refractivity contribution >= 4 is 16.8 Å². The maximum Gasteiger partial charge on any atom is 0.270 e. The van der Waals surface area contributed by atoms with Gasteiger partial charge in [0.2, 0.25) is 0 Å². The Morgan fingerprint density at radius 2 is 2.05 bits per heavy atom. The molecule has 19 heavy (non-hydrogen) atoms. The van der Waals surface area contributed by atoms with E-state index in [0.717, 1.165) is 47.3 Å². The first kappa shape index (κ1) is 12.1. The molecule has 1 aliphatic heterocycles. The Balaban J connectivity index is 2.31. The summed E-state index contributed by atoms with van der Waals surface area (Å²) in [6, 6.07) is 6.00. The Labute approximate surface area is 112 Å². The molecule has 0 aliphatic carbocycles. The zero-order valence-corrected chi connectivity index (χ0v) is 11.6. The first-order chi connectivity index (χ1) is 9.13. The minimum Gasteiger partial charge on any atom is -0.497 e. The fraction of sp³-hybridized carbons (Fsp3) is 0.400. The van der Waals surface area contributed by atoms with Crippen LogP contribution in [-0.2, 0) is 13.5 Å². The number of nitrogens with zero attached hydrogens (tertiary/aromatic N) is 2. The van der Waals surface area contributed by atoms with E-state index in [1.165, 1.54) is 0 Å². The van der Waals surface area contributed by atoms with E-state index in [-0.39, 0.29) is 5.91 Å². The predicted octanol–water partition coefficient (Wildman–Crippen LogP) is 2.21. The van der Waals surface area contributed by atoms with E-state index >= 15 is 0 Å². The van der Waals surface area contributed by atoms with Gasteiger partial charge in [-0.05, 0) is 36.6 Å². The van der Waals surface area contributed by atoms with Crippen LogP contribution in [0.4, 0.5) is 0 Å². The van der Waals surface area contributed by atoms with Crippen molar-refractivity contribution in [3.8, 4) is 5.75 Å². The number of ether oxygens (including phenoxy) is 1. The van der Waals surface area contributed by atoms with Crippen LogP contribution >= 0.6 is 0 Å². The van der Waals surface area contributed by atoms with Crippen LogP contribution in [0.2, 0.25) is 0 Å². The summed E-state index contributed by atoms with van der Waals surface area (Å²) >= 11 is 0. The van der Waals surface area contributed by atoms with Gasteiger partial charge in [0.05, 0.1) is 7.11 Å². The zero-order valence-electron chi connectivity index (χ0n) is 11.6. The molecule has 1 aromatic carbocycles. The quantitative estimate of drug-likeness (QED) is 0.786. The number of carbonyl (C=O) groups is 1. The lowest BCUT2D eigenvalue weighted by Gasteiger charge is -2.14. The summed E-state index contributed by atoms with van der Waals surface area (Å²) in [4.78, 5) is 14.3. The Kier molecular flexibility index (Phi) is 2.73. The van der Waals surface area contributed by atoms with Crippen molar-refractivity contribution in [2.24, 2.45) is 7.05 Å². The van der Waals surface area contributed by atoms with E-state index in [4.69, 9.17) is 4.74 Å². The van der Waals surface area contributed by atoms with Gasteiger partial charge in [-0.2, -0.15) is 0 Å². The normalized spacial score (nSPS) is 15.5. The van der Waals surface area contributed by atoms with E-state index in [2.05, 4.69) is 0 Å². The van der Waals surface area contributed by atoms with Crippen LogP contribution in [0, 0.1) is 0 Å². The van der Waals surface area contributed by atoms with Gasteiger partial charge in [0.1, 0.15) is 11.4 Å². The third kappa shape index (κ3) is 1.70. The number of amides is 1. The molecule has 2 heterocycles. The Morgan fingerprint density at radius 3 is 2.79 bits per heavy atom. The molecule has 0 bridgehead atoms. The van der Waals surface area contributed by atoms with Crippen LogP contribution in [0.15, 0.2) is 18.2 Å². The van der Waals surface area contributed by atoms with Crippen molar-refractivity contribution in [1.29, 1.82) is 0 Å². The minimum atomic E-state index is 0.116. The third-order valence-electron chi connectivity index (χ3n) is 3.98. The second kappa shape index (κ2) is 4.30. The summed E-state index contributed by atoms with van der Waals surface area (Å²) in [7, 11) is 5.50. The number of carbonyl (C=O) groups excluding carboxylic acids is 1. The molecule has 1 aromatic heterocycles. The number of aryl methyl sites for hydroxylation is 2. The molecular weight excluding hydrogens is 240 g/mol. The van der Waals surface area contributed by atoms with Crippen molar-refractivity contribution in [2.75, 3.05) is 20.7 Å². The summed E-state index contributed by atoms with van der Waals surface area (Å²) in [6.07, 6.45) is 1.95. The standard InChI is InChI=1S/C15H18N2O2/c1-16-8-4-5-11-12-9-10(19-3)6-7-13(12)17(2)14(11)15(16)18/h6-7,9H,4-5,8H2,1-3H3. The van der Waals surface area contributed by atoms with E-state index < -0.39 is 0 Å². The summed E-state index contributed by atoms with van der Waals surface area (Å²) in [5.41, 5.74) is 3.07. The van der Waals surface area contributed by atoms with Crippen LogP contribution in [0.1, 0.15) is 22.5 Å². The average molecular weight is 258 g/mol. The zero-order chi connectivity index (χ0) is 13.6. The number of benzene rings is 1. The largest absolute Gasteiger partial charge is 0.497 e. The summed E-state index contributed by atoms with van der Waals surface area (Å²) in [6.45, 7) is 0.818. The highest BCUT2D eigenvalue weighted by molar-refractivity contribution is 6.02. The number of fused-ring (bicyclic) bond motifs is 3. The molecule has 4 heteroatoms. The molecule has 100 valence electrons. The van der Waals surface area contributed by atoms with Gasteiger partial charge >= 0.3 is 0 Å². The number of rotatable bonds is 1. The van der Waals surface area contributed by atoms with E-state index in [0.29, 0.717) is 0 Å². The maximum atomic E-state index is 12.5. The lowest BCUT2D eigenvalue weighted by molar-refractivity contribution is 0.0791. The summed E-state index contributed by atoms with van der Waals surface area (Å²) < 4.78 is 7.31. The van der Waals surface area contributed by atoms with Crippen molar-refractivity contribution in [3.05, 3.63) is 29.5 Å². The van der Waals surface area contributed by atoms with Crippen molar-refractivity contribution in [3.63, 3.8) is 0 Å². The summed E-state index contributed by atoms with van der Waals surface area (Å²) in [5.74, 6) is 0.955. The number of hydrogen-bond donors (Lipinski definition) is 0. The number of hydrogen-bond acceptors (Lipinski definition) is 2. The molecule has 4 nitrogen and oxygen atoms in total. The molecule has 1 amide bonds. The van der Waals surface area contributed by atoms with Gasteiger partial charge in [0, 0.05) is 31.5 Å². The molecule has 0 saturated carbocycles. The maximum absolute atomic E-state index is 12.5. The van der Waals surface area contributed by atoms with Crippen LogP contribution in [0.3, 0.4) is 0 Å². The average Bonchev–Trinajstić information content (AvgIpc) is 2.60.